The van der Waals surface area contributed by atoms with Crippen molar-refractivity contribution in [2.45, 2.75) is 39.3 Å². The molecule has 1 aliphatic rings. The second-order valence-corrected chi connectivity index (χ2v) is 5.50. The Kier molecular flexibility index (Phi) is 4.17. The van der Waals surface area contributed by atoms with Gasteiger partial charge in [-0.3, -0.25) is 0 Å². The highest BCUT2D eigenvalue weighted by Crippen LogP contribution is 2.31. The first-order chi connectivity index (χ1) is 8.56. The molecule has 18 heavy (non-hydrogen) atoms. The number of nitrogens with one attached hydrogen (secondary N) is 1. The molecule has 1 aliphatic carbocycles. The predicted octanol–water partition coefficient (Wildman–Crippen LogP) is 2.56. The van der Waals surface area contributed by atoms with E-state index in [1.165, 1.54) is 19.0 Å². The van der Waals surface area contributed by atoms with Gasteiger partial charge in [-0.15, -0.1) is 0 Å². The number of rotatable bonds is 6. The van der Waals surface area contributed by atoms with Crippen LogP contribution in [-0.2, 0) is 6.54 Å². The fourth-order valence-electron chi connectivity index (χ4n) is 2.04. The summed E-state index contributed by atoms with van der Waals surface area (Å²) < 4.78 is 13.3. The predicted molar refractivity (Wildman–Crippen MR) is 72.2 cm³/mol. The molecule has 1 saturated carbocycles. The standard InChI is InChI=1S/C14H22FN3/c1-10(2)16-7-12-6-13(15)8-17-14(12)18(3)9-11-4-5-11/h6,8,10-11,16H,4-5,7,9H2,1-3H3. The summed E-state index contributed by atoms with van der Waals surface area (Å²) in [6.07, 6.45) is 3.92. The average Bonchev–Trinajstić information content (AvgIpc) is 3.10. The number of pyridine rings is 1. The lowest BCUT2D eigenvalue weighted by Gasteiger charge is -2.21. The lowest BCUT2D eigenvalue weighted by molar-refractivity contribution is 0.576. The first-order valence-electron chi connectivity index (χ1n) is 6.65. The van der Waals surface area contributed by atoms with Crippen LogP contribution in [0.3, 0.4) is 0 Å². The molecule has 0 aliphatic heterocycles. The molecular weight excluding hydrogens is 229 g/mol. The molecule has 0 atom stereocenters. The first-order valence-corrected chi connectivity index (χ1v) is 6.65. The molecule has 1 heterocycles. The van der Waals surface area contributed by atoms with Gasteiger partial charge < -0.3 is 10.2 Å². The van der Waals surface area contributed by atoms with Gasteiger partial charge in [0.25, 0.3) is 0 Å². The van der Waals surface area contributed by atoms with Gasteiger partial charge in [-0.05, 0) is 24.8 Å². The van der Waals surface area contributed by atoms with Crippen molar-refractivity contribution in [3.05, 3.63) is 23.6 Å². The van der Waals surface area contributed by atoms with Crippen molar-refractivity contribution in [2.24, 2.45) is 5.92 Å². The van der Waals surface area contributed by atoms with E-state index in [2.05, 4.69) is 29.0 Å². The molecule has 2 rings (SSSR count). The van der Waals surface area contributed by atoms with E-state index in [1.807, 2.05) is 7.05 Å². The van der Waals surface area contributed by atoms with Crippen LogP contribution in [0.15, 0.2) is 12.3 Å². The van der Waals surface area contributed by atoms with Crippen molar-refractivity contribution in [3.63, 3.8) is 0 Å². The highest BCUT2D eigenvalue weighted by atomic mass is 19.1. The zero-order valence-electron chi connectivity index (χ0n) is 11.4. The Morgan fingerprint density at radius 1 is 1.50 bits per heavy atom. The zero-order valence-corrected chi connectivity index (χ0v) is 11.4. The molecule has 4 heteroatoms. The molecule has 1 aromatic heterocycles. The molecule has 0 saturated heterocycles. The van der Waals surface area contributed by atoms with Gasteiger partial charge in [-0.25, -0.2) is 9.37 Å². The zero-order chi connectivity index (χ0) is 13.1. The summed E-state index contributed by atoms with van der Waals surface area (Å²) >= 11 is 0. The Labute approximate surface area is 108 Å². The normalized spacial score (nSPS) is 15.2. The Balaban J connectivity index is 2.10. The fourth-order valence-corrected chi connectivity index (χ4v) is 2.04. The molecule has 3 nitrogen and oxygen atoms in total. The lowest BCUT2D eigenvalue weighted by Crippen LogP contribution is -2.26. The summed E-state index contributed by atoms with van der Waals surface area (Å²) in [4.78, 5) is 6.40. The molecule has 0 aromatic carbocycles. The molecule has 1 aromatic rings. The first kappa shape index (κ1) is 13.3. The maximum Gasteiger partial charge on any atom is 0.141 e. The van der Waals surface area contributed by atoms with Crippen LogP contribution < -0.4 is 10.2 Å². The van der Waals surface area contributed by atoms with Crippen LogP contribution in [0.4, 0.5) is 10.2 Å². The number of hydrogen-bond acceptors (Lipinski definition) is 3. The van der Waals surface area contributed by atoms with Crippen LogP contribution in [0, 0.1) is 11.7 Å². The van der Waals surface area contributed by atoms with Gasteiger partial charge in [0.1, 0.15) is 11.6 Å². The topological polar surface area (TPSA) is 28.2 Å². The molecule has 0 bridgehead atoms. The van der Waals surface area contributed by atoms with Gasteiger partial charge >= 0.3 is 0 Å². The van der Waals surface area contributed by atoms with Crippen LogP contribution in [0.25, 0.3) is 0 Å². The average molecular weight is 251 g/mol. The van der Waals surface area contributed by atoms with Gasteiger partial charge in [-0.1, -0.05) is 13.8 Å². The minimum atomic E-state index is -0.265. The maximum absolute atomic E-state index is 13.3. The van der Waals surface area contributed by atoms with Crippen molar-refractivity contribution in [1.29, 1.82) is 0 Å². The summed E-state index contributed by atoms with van der Waals surface area (Å²) in [5.74, 6) is 1.43. The molecule has 0 spiro atoms. The number of hydrogen-bond donors (Lipinski definition) is 1. The van der Waals surface area contributed by atoms with E-state index in [-0.39, 0.29) is 5.82 Å². The van der Waals surface area contributed by atoms with Gasteiger partial charge in [0.2, 0.25) is 0 Å². The minimum absolute atomic E-state index is 0.265. The smallest absolute Gasteiger partial charge is 0.141 e. The Morgan fingerprint density at radius 2 is 2.22 bits per heavy atom. The highest BCUT2D eigenvalue weighted by Gasteiger charge is 2.24. The number of aromatic nitrogens is 1. The quantitative estimate of drug-likeness (QED) is 0.842. The Bertz CT molecular complexity index is 402. The summed E-state index contributed by atoms with van der Waals surface area (Å²) in [6, 6.07) is 1.97. The van der Waals surface area contributed by atoms with Gasteiger partial charge in [0.15, 0.2) is 0 Å². The van der Waals surface area contributed by atoms with E-state index >= 15 is 0 Å². The van der Waals surface area contributed by atoms with E-state index in [1.54, 1.807) is 6.07 Å². The second kappa shape index (κ2) is 5.65. The lowest BCUT2D eigenvalue weighted by atomic mass is 10.2. The van der Waals surface area contributed by atoms with Crippen molar-refractivity contribution in [1.82, 2.24) is 10.3 Å². The van der Waals surface area contributed by atoms with E-state index in [9.17, 15) is 4.39 Å². The van der Waals surface area contributed by atoms with Crippen LogP contribution in [0.1, 0.15) is 32.3 Å². The number of nitrogens with zero attached hydrogens (tertiary/aromatic N) is 2. The highest BCUT2D eigenvalue weighted by molar-refractivity contribution is 5.46. The monoisotopic (exact) mass is 251 g/mol. The SMILES string of the molecule is CC(C)NCc1cc(F)cnc1N(C)CC1CC1. The van der Waals surface area contributed by atoms with Crippen LogP contribution in [0.2, 0.25) is 0 Å². The van der Waals surface area contributed by atoms with Crippen LogP contribution >= 0.6 is 0 Å². The second-order valence-electron chi connectivity index (χ2n) is 5.50. The van der Waals surface area contributed by atoms with E-state index in [0.29, 0.717) is 12.6 Å². The third-order valence-corrected chi connectivity index (χ3v) is 3.20. The van der Waals surface area contributed by atoms with Gasteiger partial charge in [0, 0.05) is 31.7 Å². The summed E-state index contributed by atoms with van der Waals surface area (Å²) in [5, 5.41) is 3.32. The van der Waals surface area contributed by atoms with Crippen LogP contribution in [0.5, 0.6) is 0 Å². The Morgan fingerprint density at radius 3 is 2.83 bits per heavy atom. The van der Waals surface area contributed by atoms with E-state index < -0.39 is 0 Å². The Hall–Kier alpha value is -1.16. The molecule has 1 fully saturated rings. The molecule has 0 amide bonds. The summed E-state index contributed by atoms with van der Waals surface area (Å²) in [6.45, 7) is 5.85. The molecule has 0 unspecified atom stereocenters. The number of anilines is 1. The van der Waals surface area contributed by atoms with Crippen molar-refractivity contribution in [3.8, 4) is 0 Å². The van der Waals surface area contributed by atoms with Crippen molar-refractivity contribution in [2.75, 3.05) is 18.5 Å². The fraction of sp³-hybridized carbons (Fsp3) is 0.643. The molecule has 0 radical (unpaired) electrons. The molecular formula is C14H22FN3. The van der Waals surface area contributed by atoms with E-state index in [0.717, 1.165) is 23.8 Å². The number of halogens is 1. The maximum atomic E-state index is 13.3. The third-order valence-electron chi connectivity index (χ3n) is 3.20. The third kappa shape index (κ3) is 3.67. The molecule has 1 N–H and O–H groups in total. The van der Waals surface area contributed by atoms with E-state index in [4.69, 9.17) is 0 Å². The largest absolute Gasteiger partial charge is 0.359 e. The minimum Gasteiger partial charge on any atom is -0.359 e. The van der Waals surface area contributed by atoms with Crippen molar-refractivity contribution >= 4 is 5.82 Å². The van der Waals surface area contributed by atoms with Gasteiger partial charge in [-0.2, -0.15) is 0 Å². The molecule has 100 valence electrons. The summed E-state index contributed by atoms with van der Waals surface area (Å²) in [5.41, 5.74) is 0.937. The van der Waals surface area contributed by atoms with Crippen LogP contribution in [-0.4, -0.2) is 24.6 Å². The summed E-state index contributed by atoms with van der Waals surface area (Å²) in [7, 11) is 2.04. The van der Waals surface area contributed by atoms with Crippen molar-refractivity contribution < 1.29 is 4.39 Å². The van der Waals surface area contributed by atoms with Gasteiger partial charge in [0.05, 0.1) is 6.20 Å².